The van der Waals surface area contributed by atoms with Gasteiger partial charge in [0.05, 0.1) is 17.1 Å². The first-order valence-electron chi connectivity index (χ1n) is 7.38. The SMILES string of the molecule is CC.CC.CCc1c([N+](=O)[O-])ccc2c1OC(CO)CO2. The molecule has 6 nitrogen and oxygen atoms in total. The van der Waals surface area contributed by atoms with Crippen molar-refractivity contribution >= 4 is 5.69 Å². The molecule has 1 aromatic carbocycles. The van der Waals surface area contributed by atoms with Crippen molar-refractivity contribution in [2.45, 2.75) is 47.1 Å². The van der Waals surface area contributed by atoms with E-state index >= 15 is 0 Å². The third-order valence-electron chi connectivity index (χ3n) is 2.66. The summed E-state index contributed by atoms with van der Waals surface area (Å²) in [5, 5.41) is 19.9. The molecule has 0 bridgehead atoms. The van der Waals surface area contributed by atoms with E-state index in [0.717, 1.165) is 0 Å². The topological polar surface area (TPSA) is 81.8 Å². The molecule has 1 aliphatic rings. The minimum absolute atomic E-state index is 0.0217. The quantitative estimate of drug-likeness (QED) is 0.683. The maximum absolute atomic E-state index is 10.9. The van der Waals surface area contributed by atoms with Gasteiger partial charge in [0.2, 0.25) is 0 Å². The number of benzene rings is 1. The molecule has 0 spiro atoms. The summed E-state index contributed by atoms with van der Waals surface area (Å²) >= 11 is 0. The van der Waals surface area contributed by atoms with Crippen LogP contribution in [0.4, 0.5) is 5.69 Å². The third kappa shape index (κ3) is 4.60. The van der Waals surface area contributed by atoms with E-state index in [-0.39, 0.29) is 18.9 Å². The second-order valence-electron chi connectivity index (χ2n) is 3.73. The molecule has 0 amide bonds. The van der Waals surface area contributed by atoms with Crippen LogP contribution in [-0.2, 0) is 6.42 Å². The maximum atomic E-state index is 10.9. The molecule has 0 saturated heterocycles. The molecule has 6 heteroatoms. The molecular weight excluding hydrogens is 274 g/mol. The fourth-order valence-corrected chi connectivity index (χ4v) is 1.82. The number of nitrogens with zero attached hydrogens (tertiary/aromatic N) is 1. The Bertz CT molecular complexity index is 448. The number of nitro groups is 1. The molecule has 1 N–H and O–H groups in total. The molecule has 1 heterocycles. The van der Waals surface area contributed by atoms with E-state index in [4.69, 9.17) is 14.6 Å². The molecule has 1 aliphatic heterocycles. The highest BCUT2D eigenvalue weighted by molar-refractivity contribution is 5.57. The van der Waals surface area contributed by atoms with Gasteiger partial charge in [-0.15, -0.1) is 0 Å². The highest BCUT2D eigenvalue weighted by Gasteiger charge is 2.27. The number of ether oxygens (including phenoxy) is 2. The average Bonchev–Trinajstić information content (AvgIpc) is 2.56. The van der Waals surface area contributed by atoms with E-state index in [1.165, 1.54) is 12.1 Å². The number of aliphatic hydroxyl groups excluding tert-OH is 1. The van der Waals surface area contributed by atoms with Crippen LogP contribution >= 0.6 is 0 Å². The van der Waals surface area contributed by atoms with Gasteiger partial charge in [-0.1, -0.05) is 34.6 Å². The van der Waals surface area contributed by atoms with Crippen molar-refractivity contribution < 1.29 is 19.5 Å². The minimum atomic E-state index is -0.463. The Morgan fingerprint density at radius 3 is 2.43 bits per heavy atom. The van der Waals surface area contributed by atoms with Gasteiger partial charge in [-0.2, -0.15) is 0 Å². The van der Waals surface area contributed by atoms with Crippen LogP contribution in [0, 0.1) is 10.1 Å². The first-order valence-corrected chi connectivity index (χ1v) is 7.38. The zero-order valence-electron chi connectivity index (χ0n) is 13.4. The Balaban J connectivity index is 0.000000921. The zero-order chi connectivity index (χ0) is 16.4. The smallest absolute Gasteiger partial charge is 0.276 e. The number of nitro benzene ring substituents is 1. The molecule has 120 valence electrons. The molecule has 1 atom stereocenters. The summed E-state index contributed by atoms with van der Waals surface area (Å²) in [5.74, 6) is 0.879. The van der Waals surface area contributed by atoms with E-state index in [1.807, 2.05) is 34.6 Å². The Hall–Kier alpha value is -1.82. The molecule has 1 unspecified atom stereocenters. The van der Waals surface area contributed by atoms with E-state index in [9.17, 15) is 10.1 Å². The standard InChI is InChI=1S/C11H13NO5.2C2H6/c1-2-8-9(12(14)15)3-4-10-11(8)17-7(5-13)6-16-10;2*1-2/h3-4,7,13H,2,5-6H2,1H3;2*1-2H3. The van der Waals surface area contributed by atoms with E-state index in [0.29, 0.717) is 23.5 Å². The Morgan fingerprint density at radius 2 is 1.95 bits per heavy atom. The monoisotopic (exact) mass is 299 g/mol. The van der Waals surface area contributed by atoms with Crippen LogP contribution in [-0.4, -0.2) is 29.3 Å². The molecule has 0 saturated carbocycles. The molecule has 2 rings (SSSR count). The van der Waals surface area contributed by atoms with Crippen LogP contribution in [0.15, 0.2) is 12.1 Å². The van der Waals surface area contributed by atoms with Gasteiger partial charge in [0.15, 0.2) is 17.6 Å². The number of hydrogen-bond donors (Lipinski definition) is 1. The Morgan fingerprint density at radius 1 is 1.33 bits per heavy atom. The third-order valence-corrected chi connectivity index (χ3v) is 2.66. The highest BCUT2D eigenvalue weighted by atomic mass is 16.6. The van der Waals surface area contributed by atoms with Gasteiger partial charge < -0.3 is 14.6 Å². The fraction of sp³-hybridized carbons (Fsp3) is 0.600. The summed E-state index contributed by atoms with van der Waals surface area (Å²) in [6.45, 7) is 9.89. The van der Waals surface area contributed by atoms with Gasteiger partial charge in [-0.3, -0.25) is 10.1 Å². The normalized spacial score (nSPS) is 15.0. The van der Waals surface area contributed by atoms with Crippen LogP contribution in [0.2, 0.25) is 0 Å². The van der Waals surface area contributed by atoms with Crippen LogP contribution < -0.4 is 9.47 Å². The maximum Gasteiger partial charge on any atom is 0.276 e. The molecular formula is C15H25NO5. The summed E-state index contributed by atoms with van der Waals surface area (Å²) in [7, 11) is 0. The Labute approximate surface area is 125 Å². The minimum Gasteiger partial charge on any atom is -0.486 e. The first-order chi connectivity index (χ1) is 10.2. The van der Waals surface area contributed by atoms with Crippen LogP contribution in [0.1, 0.15) is 40.2 Å². The summed E-state index contributed by atoms with van der Waals surface area (Å²) in [4.78, 5) is 10.4. The second-order valence-corrected chi connectivity index (χ2v) is 3.73. The lowest BCUT2D eigenvalue weighted by molar-refractivity contribution is -0.385. The van der Waals surface area contributed by atoms with Crippen molar-refractivity contribution in [2.24, 2.45) is 0 Å². The van der Waals surface area contributed by atoms with Gasteiger partial charge in [0.25, 0.3) is 5.69 Å². The molecule has 0 aliphatic carbocycles. The molecule has 0 radical (unpaired) electrons. The fourth-order valence-electron chi connectivity index (χ4n) is 1.82. The van der Waals surface area contributed by atoms with Crippen molar-refractivity contribution in [3.63, 3.8) is 0 Å². The second kappa shape index (κ2) is 9.99. The highest BCUT2D eigenvalue weighted by Crippen LogP contribution is 2.40. The van der Waals surface area contributed by atoms with Crippen LogP contribution in [0.3, 0.4) is 0 Å². The lowest BCUT2D eigenvalue weighted by Crippen LogP contribution is -2.32. The van der Waals surface area contributed by atoms with Gasteiger partial charge >= 0.3 is 0 Å². The number of rotatable bonds is 3. The predicted molar refractivity (Wildman–Crippen MR) is 82.2 cm³/mol. The van der Waals surface area contributed by atoms with E-state index in [1.54, 1.807) is 0 Å². The summed E-state index contributed by atoms with van der Waals surface area (Å²) in [6.07, 6.45) is 0.0101. The van der Waals surface area contributed by atoms with Crippen molar-refractivity contribution in [3.05, 3.63) is 27.8 Å². The van der Waals surface area contributed by atoms with Crippen molar-refractivity contribution in [1.29, 1.82) is 0 Å². The van der Waals surface area contributed by atoms with Gasteiger partial charge in [-0.05, 0) is 12.5 Å². The number of hydrogen-bond acceptors (Lipinski definition) is 5. The molecule has 21 heavy (non-hydrogen) atoms. The predicted octanol–water partition coefficient (Wildman–Crippen LogP) is 3.34. The summed E-state index contributed by atoms with van der Waals surface area (Å²) in [6, 6.07) is 2.94. The van der Waals surface area contributed by atoms with Gasteiger partial charge in [-0.25, -0.2) is 0 Å². The van der Waals surface area contributed by atoms with Crippen molar-refractivity contribution in [1.82, 2.24) is 0 Å². The van der Waals surface area contributed by atoms with Gasteiger partial charge in [0.1, 0.15) is 6.61 Å². The van der Waals surface area contributed by atoms with Crippen LogP contribution in [0.5, 0.6) is 11.5 Å². The zero-order valence-corrected chi connectivity index (χ0v) is 13.4. The van der Waals surface area contributed by atoms with Crippen molar-refractivity contribution in [2.75, 3.05) is 13.2 Å². The largest absolute Gasteiger partial charge is 0.486 e. The molecule has 0 aromatic heterocycles. The number of aliphatic hydroxyl groups is 1. The molecule has 1 aromatic rings. The average molecular weight is 299 g/mol. The lowest BCUT2D eigenvalue weighted by atomic mass is 10.1. The van der Waals surface area contributed by atoms with Crippen LogP contribution in [0.25, 0.3) is 0 Å². The summed E-state index contributed by atoms with van der Waals surface area (Å²) in [5.41, 5.74) is 0.527. The molecule has 0 fully saturated rings. The Kier molecular flexibility index (Phi) is 9.12. The van der Waals surface area contributed by atoms with E-state index < -0.39 is 11.0 Å². The summed E-state index contributed by atoms with van der Waals surface area (Å²) < 4.78 is 10.9. The van der Waals surface area contributed by atoms with Gasteiger partial charge in [0, 0.05) is 6.07 Å². The lowest BCUT2D eigenvalue weighted by Gasteiger charge is -2.26. The van der Waals surface area contributed by atoms with Crippen molar-refractivity contribution in [3.8, 4) is 11.5 Å². The first kappa shape index (κ1) is 19.2. The number of fused-ring (bicyclic) bond motifs is 1. The van der Waals surface area contributed by atoms with E-state index in [2.05, 4.69) is 0 Å².